The van der Waals surface area contributed by atoms with Crippen molar-refractivity contribution in [3.63, 3.8) is 0 Å². The van der Waals surface area contributed by atoms with Crippen molar-refractivity contribution in [3.05, 3.63) is 95.2 Å². The van der Waals surface area contributed by atoms with Crippen LogP contribution in [0.15, 0.2) is 72.9 Å². The predicted octanol–water partition coefficient (Wildman–Crippen LogP) is 7.10. The normalized spacial score (nSPS) is 12.5. The summed E-state index contributed by atoms with van der Waals surface area (Å²) in [5, 5.41) is 12.9. The minimum Gasteiger partial charge on any atom is -0.481 e. The number of alkyl halides is 3. The number of carboxylic acids is 1. The van der Waals surface area contributed by atoms with Crippen LogP contribution in [0.4, 0.5) is 18.9 Å². The summed E-state index contributed by atoms with van der Waals surface area (Å²) in [5.41, 5.74) is 4.34. The molecule has 0 aliphatic rings. The van der Waals surface area contributed by atoms with Crippen molar-refractivity contribution >= 4 is 22.6 Å². The topological polar surface area (TPSA) is 62.2 Å². The van der Waals surface area contributed by atoms with Crippen LogP contribution in [-0.4, -0.2) is 16.1 Å². The van der Waals surface area contributed by atoms with Crippen molar-refractivity contribution in [1.82, 2.24) is 4.98 Å². The van der Waals surface area contributed by atoms with Gasteiger partial charge in [0.2, 0.25) is 0 Å². The third-order valence-corrected chi connectivity index (χ3v) is 6.03. The first-order valence-corrected chi connectivity index (χ1v) is 11.2. The Morgan fingerprint density at radius 1 is 1.03 bits per heavy atom. The van der Waals surface area contributed by atoms with Crippen LogP contribution in [-0.2, 0) is 23.9 Å². The highest BCUT2D eigenvalue weighted by Gasteiger charge is 2.33. The number of rotatable bonds is 7. The molecule has 0 aliphatic heterocycles. The number of fused-ring (bicyclic) bond motifs is 1. The summed E-state index contributed by atoms with van der Waals surface area (Å²) in [7, 11) is 0. The average Bonchev–Trinajstić information content (AvgIpc) is 2.82. The van der Waals surface area contributed by atoms with Gasteiger partial charge in [-0.25, -0.2) is 0 Å². The van der Waals surface area contributed by atoms with E-state index in [-0.39, 0.29) is 5.52 Å². The second-order valence-corrected chi connectivity index (χ2v) is 8.71. The van der Waals surface area contributed by atoms with Crippen LogP contribution >= 0.6 is 0 Å². The number of carbonyl (C=O) groups is 1. The van der Waals surface area contributed by atoms with Gasteiger partial charge in [0.05, 0.1) is 17.0 Å². The number of anilines is 1. The number of nitrogens with one attached hydrogen (secondary N) is 1. The third kappa shape index (κ3) is 5.45. The van der Waals surface area contributed by atoms with Gasteiger partial charge >= 0.3 is 12.1 Å². The Hall–Kier alpha value is -3.87. The molecule has 3 aromatic carbocycles. The smallest absolute Gasteiger partial charge is 0.418 e. The number of carboxylic acid groups (broad SMARTS) is 1. The maximum absolute atomic E-state index is 13.5. The number of benzene rings is 3. The molecule has 1 unspecified atom stereocenters. The fraction of sp³-hybridized carbons (Fsp3) is 0.214. The van der Waals surface area contributed by atoms with Crippen LogP contribution in [0.2, 0.25) is 0 Å². The SMILES string of the molecule is Cc1cnc2c(C(F)(F)F)cccc2c1-c1cccc(NCc2ccc(CC(C)C(=O)O)cc2)c1. The van der Waals surface area contributed by atoms with Gasteiger partial charge in [-0.3, -0.25) is 9.78 Å². The summed E-state index contributed by atoms with van der Waals surface area (Å²) >= 11 is 0. The average molecular weight is 479 g/mol. The lowest BCUT2D eigenvalue weighted by Gasteiger charge is -2.15. The second-order valence-electron chi connectivity index (χ2n) is 8.71. The van der Waals surface area contributed by atoms with Crippen LogP contribution in [0.25, 0.3) is 22.0 Å². The van der Waals surface area contributed by atoms with Crippen molar-refractivity contribution in [3.8, 4) is 11.1 Å². The summed E-state index contributed by atoms with van der Waals surface area (Å²) in [6.07, 6.45) is -2.52. The van der Waals surface area contributed by atoms with E-state index in [4.69, 9.17) is 5.11 Å². The Morgan fingerprint density at radius 2 is 1.71 bits per heavy atom. The largest absolute Gasteiger partial charge is 0.481 e. The number of aromatic nitrogens is 1. The molecule has 4 rings (SSSR count). The van der Waals surface area contributed by atoms with Gasteiger partial charge in [-0.2, -0.15) is 13.2 Å². The first-order chi connectivity index (χ1) is 16.6. The maximum Gasteiger partial charge on any atom is 0.418 e. The first kappa shape index (κ1) is 24.3. The van der Waals surface area contributed by atoms with Crippen molar-refractivity contribution in [2.75, 3.05) is 5.32 Å². The van der Waals surface area contributed by atoms with E-state index < -0.39 is 23.6 Å². The van der Waals surface area contributed by atoms with E-state index in [1.807, 2.05) is 55.5 Å². The Labute approximate surface area is 201 Å². The Balaban J connectivity index is 1.57. The molecule has 1 atom stereocenters. The monoisotopic (exact) mass is 478 g/mol. The number of halogens is 3. The minimum absolute atomic E-state index is 0.0590. The molecule has 0 bridgehead atoms. The molecule has 0 amide bonds. The second kappa shape index (κ2) is 9.78. The summed E-state index contributed by atoms with van der Waals surface area (Å²) in [6, 6.07) is 19.5. The predicted molar refractivity (Wildman–Crippen MR) is 131 cm³/mol. The van der Waals surface area contributed by atoms with E-state index in [1.54, 1.807) is 13.0 Å². The van der Waals surface area contributed by atoms with Gasteiger partial charge in [-0.15, -0.1) is 0 Å². The number of hydrogen-bond acceptors (Lipinski definition) is 3. The molecular formula is C28H25F3N2O2. The lowest BCUT2D eigenvalue weighted by molar-refractivity contribution is -0.141. The van der Waals surface area contributed by atoms with Crippen LogP contribution in [0, 0.1) is 12.8 Å². The Kier molecular flexibility index (Phi) is 6.78. The molecule has 0 aliphatic carbocycles. The van der Waals surface area contributed by atoms with Crippen molar-refractivity contribution < 1.29 is 23.1 Å². The number of pyridine rings is 1. The molecular weight excluding hydrogens is 453 g/mol. The highest BCUT2D eigenvalue weighted by Crippen LogP contribution is 2.38. The van der Waals surface area contributed by atoms with E-state index in [9.17, 15) is 18.0 Å². The quantitative estimate of drug-likeness (QED) is 0.297. The summed E-state index contributed by atoms with van der Waals surface area (Å²) in [6.45, 7) is 4.07. The fourth-order valence-electron chi connectivity index (χ4n) is 4.16. The van der Waals surface area contributed by atoms with Gasteiger partial charge in [0, 0.05) is 23.8 Å². The standard InChI is InChI=1S/C28H25F3N2O2/c1-17(27(34)35)13-19-9-11-20(12-10-19)16-32-22-6-3-5-21(14-22)25-18(2)15-33-26-23(25)7-4-8-24(26)28(29,30)31/h3-12,14-15,17,32H,13,16H2,1-2H3,(H,34,35). The van der Waals surface area contributed by atoms with E-state index >= 15 is 0 Å². The van der Waals surface area contributed by atoms with Crippen LogP contribution in [0.3, 0.4) is 0 Å². The van der Waals surface area contributed by atoms with Crippen LogP contribution in [0.1, 0.15) is 29.2 Å². The molecule has 0 saturated carbocycles. The third-order valence-electron chi connectivity index (χ3n) is 6.03. The van der Waals surface area contributed by atoms with Gasteiger partial charge in [0.15, 0.2) is 0 Å². The lowest BCUT2D eigenvalue weighted by Crippen LogP contribution is -2.12. The maximum atomic E-state index is 13.5. The van der Waals surface area contributed by atoms with Gasteiger partial charge in [-0.1, -0.05) is 55.5 Å². The van der Waals surface area contributed by atoms with Crippen molar-refractivity contribution in [2.45, 2.75) is 33.0 Å². The van der Waals surface area contributed by atoms with E-state index in [2.05, 4.69) is 10.3 Å². The number of aryl methyl sites for hydroxylation is 1. The molecule has 4 nitrogen and oxygen atoms in total. The van der Waals surface area contributed by atoms with E-state index in [0.29, 0.717) is 18.4 Å². The zero-order chi connectivity index (χ0) is 25.2. The molecule has 4 aromatic rings. The molecule has 0 spiro atoms. The van der Waals surface area contributed by atoms with Crippen molar-refractivity contribution in [1.29, 1.82) is 0 Å². The Bertz CT molecular complexity index is 1370. The highest BCUT2D eigenvalue weighted by molar-refractivity contribution is 5.98. The molecule has 180 valence electrons. The number of nitrogens with zero attached hydrogens (tertiary/aromatic N) is 1. The molecule has 0 saturated heterocycles. The zero-order valence-corrected chi connectivity index (χ0v) is 19.4. The van der Waals surface area contributed by atoms with E-state index in [1.165, 1.54) is 12.3 Å². The number of para-hydroxylation sites is 1. The molecule has 7 heteroatoms. The molecule has 1 heterocycles. The van der Waals surface area contributed by atoms with Gasteiger partial charge in [-0.05, 0) is 59.4 Å². The molecule has 2 N–H and O–H groups in total. The summed E-state index contributed by atoms with van der Waals surface area (Å²) in [4.78, 5) is 15.1. The van der Waals surface area contributed by atoms with Crippen LogP contribution < -0.4 is 5.32 Å². The first-order valence-electron chi connectivity index (χ1n) is 11.2. The minimum atomic E-state index is -4.48. The number of hydrogen-bond donors (Lipinski definition) is 2. The molecule has 1 aromatic heterocycles. The highest BCUT2D eigenvalue weighted by atomic mass is 19.4. The number of aliphatic carboxylic acids is 1. The molecule has 0 fully saturated rings. The Morgan fingerprint density at radius 3 is 2.40 bits per heavy atom. The van der Waals surface area contributed by atoms with Gasteiger partial charge in [0.1, 0.15) is 0 Å². The van der Waals surface area contributed by atoms with Gasteiger partial charge in [0.25, 0.3) is 0 Å². The fourth-order valence-corrected chi connectivity index (χ4v) is 4.16. The van der Waals surface area contributed by atoms with E-state index in [0.717, 1.165) is 39.6 Å². The van der Waals surface area contributed by atoms with Crippen LogP contribution in [0.5, 0.6) is 0 Å². The summed E-state index contributed by atoms with van der Waals surface area (Å²) < 4.78 is 40.6. The molecule has 35 heavy (non-hydrogen) atoms. The summed E-state index contributed by atoms with van der Waals surface area (Å²) in [5.74, 6) is -1.26. The molecule has 0 radical (unpaired) electrons. The zero-order valence-electron chi connectivity index (χ0n) is 19.4. The van der Waals surface area contributed by atoms with Gasteiger partial charge < -0.3 is 10.4 Å². The van der Waals surface area contributed by atoms with Crippen molar-refractivity contribution in [2.24, 2.45) is 5.92 Å². The lowest BCUT2D eigenvalue weighted by atomic mass is 9.95.